The second kappa shape index (κ2) is 10.3. The summed E-state index contributed by atoms with van der Waals surface area (Å²) in [4.78, 5) is 38.7. The number of H-pyrrole nitrogens is 1. The molecular weight excluding hydrogens is 528 g/mol. The first-order valence-corrected chi connectivity index (χ1v) is 14.4. The number of benzene rings is 1. The molecule has 212 valence electrons. The number of carbonyl (C=O) groups is 1. The number of hydrogen-bond donors (Lipinski definition) is 2. The van der Waals surface area contributed by atoms with Crippen LogP contribution in [0.5, 0.6) is 0 Å². The molecule has 7 rings (SSSR count). The zero-order valence-electron chi connectivity index (χ0n) is 23.5. The van der Waals surface area contributed by atoms with Gasteiger partial charge in [-0.05, 0) is 79.6 Å². The molecule has 1 atom stereocenters. The van der Waals surface area contributed by atoms with Crippen molar-refractivity contribution in [1.29, 1.82) is 0 Å². The van der Waals surface area contributed by atoms with Crippen molar-refractivity contribution in [3.8, 4) is 11.3 Å². The number of hydrogen-bond acceptors (Lipinski definition) is 7. The van der Waals surface area contributed by atoms with Crippen molar-refractivity contribution < 1.29 is 4.79 Å². The van der Waals surface area contributed by atoms with Gasteiger partial charge in [-0.25, -0.2) is 5.10 Å². The molecule has 3 N–H and O–H groups in total. The van der Waals surface area contributed by atoms with Crippen molar-refractivity contribution in [2.45, 2.75) is 56.7 Å². The summed E-state index contributed by atoms with van der Waals surface area (Å²) in [5.74, 6) is 0.0648. The number of aromatic nitrogens is 6. The predicted molar refractivity (Wildman–Crippen MR) is 158 cm³/mol. The number of nitrogens with one attached hydrogen (secondary N) is 1. The SMILES string of the molecule is Cn1nccc1-c1ccc(CN(C(=O)C2(c3ccc4c(=O)[nH]nc(CN)c4c3)CC2)C2CCCc3cccnc32)nc1. The van der Waals surface area contributed by atoms with Crippen molar-refractivity contribution in [3.63, 3.8) is 0 Å². The number of aromatic amines is 1. The molecule has 0 bridgehead atoms. The molecule has 42 heavy (non-hydrogen) atoms. The number of pyridine rings is 2. The number of nitrogens with two attached hydrogens (primary N) is 1. The number of fused-ring (bicyclic) bond motifs is 2. The monoisotopic (exact) mass is 560 g/mol. The molecule has 4 heterocycles. The number of carbonyl (C=O) groups excluding carboxylic acids is 1. The third-order valence-electron chi connectivity index (χ3n) is 8.85. The van der Waals surface area contributed by atoms with Crippen LogP contribution >= 0.6 is 0 Å². The Hall–Kier alpha value is -4.70. The van der Waals surface area contributed by atoms with Crippen LogP contribution in [0.4, 0.5) is 0 Å². The summed E-state index contributed by atoms with van der Waals surface area (Å²) in [5.41, 5.74) is 11.4. The highest BCUT2D eigenvalue weighted by molar-refractivity contribution is 5.94. The van der Waals surface area contributed by atoms with Crippen LogP contribution in [-0.4, -0.2) is 40.8 Å². The van der Waals surface area contributed by atoms with Crippen LogP contribution in [0.2, 0.25) is 0 Å². The van der Waals surface area contributed by atoms with Gasteiger partial charge in [-0.2, -0.15) is 10.2 Å². The summed E-state index contributed by atoms with van der Waals surface area (Å²) < 4.78 is 1.82. The fraction of sp³-hybridized carbons (Fsp3) is 0.312. The van der Waals surface area contributed by atoms with Crippen LogP contribution in [0.25, 0.3) is 22.0 Å². The third kappa shape index (κ3) is 4.39. The van der Waals surface area contributed by atoms with E-state index >= 15 is 0 Å². The van der Waals surface area contributed by atoms with Crippen LogP contribution in [0.1, 0.15) is 59.9 Å². The molecule has 0 aliphatic heterocycles. The topological polar surface area (TPSA) is 136 Å². The molecule has 1 amide bonds. The minimum Gasteiger partial charge on any atom is -0.327 e. The number of aryl methyl sites for hydroxylation is 2. The maximum absolute atomic E-state index is 14.7. The van der Waals surface area contributed by atoms with Crippen LogP contribution in [0.15, 0.2) is 71.9 Å². The van der Waals surface area contributed by atoms with E-state index in [0.29, 0.717) is 23.0 Å². The van der Waals surface area contributed by atoms with E-state index in [1.807, 2.05) is 65.4 Å². The molecule has 4 aromatic heterocycles. The van der Waals surface area contributed by atoms with Gasteiger partial charge in [0, 0.05) is 43.1 Å². The lowest BCUT2D eigenvalue weighted by Crippen LogP contribution is -2.43. The van der Waals surface area contributed by atoms with Crippen molar-refractivity contribution in [3.05, 3.63) is 106 Å². The van der Waals surface area contributed by atoms with Gasteiger partial charge < -0.3 is 10.6 Å². The number of amides is 1. The highest BCUT2D eigenvalue weighted by Crippen LogP contribution is 2.52. The van der Waals surface area contributed by atoms with Crippen molar-refractivity contribution in [2.24, 2.45) is 12.8 Å². The minimum atomic E-state index is -0.677. The average molecular weight is 561 g/mol. The van der Waals surface area contributed by atoms with E-state index in [2.05, 4.69) is 21.4 Å². The zero-order chi connectivity index (χ0) is 28.8. The van der Waals surface area contributed by atoms with Crippen molar-refractivity contribution >= 4 is 16.7 Å². The number of nitrogens with zero attached hydrogens (tertiary/aromatic N) is 6. The number of rotatable bonds is 7. The molecule has 2 aliphatic carbocycles. The molecule has 1 fully saturated rings. The van der Waals surface area contributed by atoms with Gasteiger partial charge in [0.05, 0.1) is 46.2 Å². The fourth-order valence-corrected chi connectivity index (χ4v) is 6.41. The van der Waals surface area contributed by atoms with Gasteiger partial charge in [-0.15, -0.1) is 0 Å². The summed E-state index contributed by atoms with van der Waals surface area (Å²) in [6.45, 7) is 0.560. The van der Waals surface area contributed by atoms with Gasteiger partial charge in [0.25, 0.3) is 5.56 Å². The van der Waals surface area contributed by atoms with Gasteiger partial charge >= 0.3 is 0 Å². The summed E-state index contributed by atoms with van der Waals surface area (Å²) in [6, 6.07) is 15.6. The Labute approximate surface area is 242 Å². The second-order valence-corrected chi connectivity index (χ2v) is 11.3. The standard InChI is InChI=1S/C32H32N8O2/c1-39-27(11-15-36-39)21-7-9-23(35-18-21)19-40(28-6-2-4-20-5-3-14-34-29(20)28)31(42)32(12-13-32)22-8-10-24-25(16-22)26(17-33)37-38-30(24)41/h3,5,7-11,14-16,18,28H,2,4,6,12-13,17,19,33H2,1H3,(H,38,41). The summed E-state index contributed by atoms with van der Waals surface area (Å²) in [7, 11) is 1.90. The molecule has 0 radical (unpaired) electrons. The first kappa shape index (κ1) is 26.2. The van der Waals surface area contributed by atoms with Gasteiger partial charge in [0.1, 0.15) is 0 Å². The minimum absolute atomic E-state index is 0.0648. The first-order chi connectivity index (χ1) is 20.5. The van der Waals surface area contributed by atoms with Gasteiger partial charge in [-0.1, -0.05) is 12.1 Å². The van der Waals surface area contributed by atoms with Crippen LogP contribution in [0, 0.1) is 0 Å². The molecule has 1 unspecified atom stereocenters. The smallest absolute Gasteiger partial charge is 0.272 e. The van der Waals surface area contributed by atoms with E-state index < -0.39 is 5.41 Å². The molecular formula is C32H32N8O2. The lowest BCUT2D eigenvalue weighted by molar-refractivity contribution is -0.137. The van der Waals surface area contributed by atoms with Crippen LogP contribution in [-0.2, 0) is 36.8 Å². The summed E-state index contributed by atoms with van der Waals surface area (Å²) in [5, 5.41) is 12.2. The maximum atomic E-state index is 14.7. The van der Waals surface area contributed by atoms with E-state index in [4.69, 9.17) is 15.7 Å². The van der Waals surface area contributed by atoms with Gasteiger partial charge in [0.15, 0.2) is 0 Å². The molecule has 1 saturated carbocycles. The van der Waals surface area contributed by atoms with Crippen molar-refractivity contribution in [2.75, 3.05) is 0 Å². The lowest BCUT2D eigenvalue weighted by atomic mass is 9.87. The Balaban J connectivity index is 1.28. The largest absolute Gasteiger partial charge is 0.327 e. The zero-order valence-corrected chi connectivity index (χ0v) is 23.5. The highest BCUT2D eigenvalue weighted by atomic mass is 16.2. The van der Waals surface area contributed by atoms with Crippen LogP contribution < -0.4 is 11.3 Å². The molecule has 0 saturated heterocycles. The predicted octanol–water partition coefficient (Wildman–Crippen LogP) is 3.71. The third-order valence-corrected chi connectivity index (χ3v) is 8.85. The molecule has 10 nitrogen and oxygen atoms in total. The summed E-state index contributed by atoms with van der Waals surface area (Å²) in [6.07, 6.45) is 9.67. The van der Waals surface area contributed by atoms with Gasteiger partial charge in [-0.3, -0.25) is 24.2 Å². The highest BCUT2D eigenvalue weighted by Gasteiger charge is 2.54. The van der Waals surface area contributed by atoms with E-state index in [1.54, 1.807) is 12.3 Å². The molecule has 2 aliphatic rings. The fourth-order valence-electron chi connectivity index (χ4n) is 6.41. The Kier molecular flexibility index (Phi) is 6.42. The summed E-state index contributed by atoms with van der Waals surface area (Å²) >= 11 is 0. The van der Waals surface area contributed by atoms with E-state index in [9.17, 15) is 9.59 Å². The normalized spacial score (nSPS) is 17.1. The Morgan fingerprint density at radius 3 is 2.74 bits per heavy atom. The molecule has 0 spiro atoms. The molecule has 10 heteroatoms. The Morgan fingerprint density at radius 2 is 2.00 bits per heavy atom. The average Bonchev–Trinajstić information content (AvgIpc) is 3.74. The first-order valence-electron chi connectivity index (χ1n) is 14.4. The van der Waals surface area contributed by atoms with Crippen molar-refractivity contribution in [1.82, 2.24) is 34.8 Å². The van der Waals surface area contributed by atoms with Gasteiger partial charge in [0.2, 0.25) is 5.91 Å². The van der Waals surface area contributed by atoms with E-state index in [0.717, 1.165) is 60.3 Å². The lowest BCUT2D eigenvalue weighted by Gasteiger charge is -2.37. The molecule has 5 aromatic rings. The maximum Gasteiger partial charge on any atom is 0.272 e. The quantitative estimate of drug-likeness (QED) is 0.310. The Bertz CT molecular complexity index is 1850. The van der Waals surface area contributed by atoms with E-state index in [1.165, 1.54) is 5.56 Å². The Morgan fingerprint density at radius 1 is 1.12 bits per heavy atom. The molecule has 1 aromatic carbocycles. The van der Waals surface area contributed by atoms with Crippen LogP contribution in [0.3, 0.4) is 0 Å². The van der Waals surface area contributed by atoms with E-state index in [-0.39, 0.29) is 24.1 Å². The second-order valence-electron chi connectivity index (χ2n) is 11.3.